The van der Waals surface area contributed by atoms with Crippen LogP contribution >= 0.6 is 11.3 Å². The molecule has 1 saturated heterocycles. The van der Waals surface area contributed by atoms with Crippen molar-refractivity contribution in [2.24, 2.45) is 0 Å². The summed E-state index contributed by atoms with van der Waals surface area (Å²) in [5.74, 6) is -0.749. The zero-order valence-electron chi connectivity index (χ0n) is 10.6. The van der Waals surface area contributed by atoms with E-state index in [0.717, 1.165) is 42.7 Å². The second-order valence-corrected chi connectivity index (χ2v) is 5.52. The van der Waals surface area contributed by atoms with Crippen LogP contribution in [-0.2, 0) is 11.2 Å². The molecule has 100 valence electrons. The lowest BCUT2D eigenvalue weighted by Gasteiger charge is -2.33. The summed E-state index contributed by atoms with van der Waals surface area (Å²) in [5, 5.41) is 9.69. The van der Waals surface area contributed by atoms with Gasteiger partial charge in [0.2, 0.25) is 0 Å². The summed E-state index contributed by atoms with van der Waals surface area (Å²) in [7, 11) is 0. The van der Waals surface area contributed by atoms with Crippen LogP contribution < -0.4 is 4.90 Å². The number of carboxylic acid groups (broad SMARTS) is 1. The number of carboxylic acids is 1. The first kappa shape index (κ1) is 13.3. The van der Waals surface area contributed by atoms with Gasteiger partial charge >= 0.3 is 5.97 Å². The maximum absolute atomic E-state index is 10.5. The number of piperazine rings is 1. The van der Waals surface area contributed by atoms with Crippen LogP contribution in [0.3, 0.4) is 0 Å². The molecule has 0 unspecified atom stereocenters. The van der Waals surface area contributed by atoms with E-state index in [2.05, 4.69) is 21.7 Å². The number of likely N-dealkylation sites (N-methyl/N-ethyl adjacent to an activating group) is 1. The lowest BCUT2D eigenvalue weighted by molar-refractivity contribution is -0.136. The number of hydrogen-bond acceptors (Lipinski definition) is 5. The monoisotopic (exact) mass is 269 g/mol. The summed E-state index contributed by atoms with van der Waals surface area (Å²) in [4.78, 5) is 20.7. The largest absolute Gasteiger partial charge is 0.481 e. The van der Waals surface area contributed by atoms with Crippen LogP contribution in [-0.4, -0.2) is 53.7 Å². The lowest BCUT2D eigenvalue weighted by atomic mass is 10.3. The van der Waals surface area contributed by atoms with Gasteiger partial charge in [0.25, 0.3) is 0 Å². The van der Waals surface area contributed by atoms with E-state index >= 15 is 0 Å². The van der Waals surface area contributed by atoms with E-state index in [1.165, 1.54) is 0 Å². The minimum atomic E-state index is -0.749. The number of thiazole rings is 1. The van der Waals surface area contributed by atoms with E-state index in [-0.39, 0.29) is 6.42 Å². The highest BCUT2D eigenvalue weighted by Crippen LogP contribution is 2.24. The number of aromatic nitrogens is 1. The predicted octanol–water partition coefficient (Wildman–Crippen LogP) is 1.30. The fourth-order valence-corrected chi connectivity index (χ4v) is 3.01. The van der Waals surface area contributed by atoms with E-state index in [4.69, 9.17) is 5.11 Å². The molecule has 5 nitrogen and oxygen atoms in total. The summed E-state index contributed by atoms with van der Waals surface area (Å²) in [5.41, 5.74) is 0. The van der Waals surface area contributed by atoms with Gasteiger partial charge in [0.05, 0.1) is 6.42 Å². The Kier molecular flexibility index (Phi) is 4.54. The standard InChI is InChI=1S/C12H19N3O2S/c1-2-14-5-7-15(8-6-14)12-13-9-10(18-12)3-4-11(16)17/h9H,2-8H2,1H3,(H,16,17). The van der Waals surface area contributed by atoms with E-state index in [9.17, 15) is 4.79 Å². The fourth-order valence-electron chi connectivity index (χ4n) is 2.04. The highest BCUT2D eigenvalue weighted by atomic mass is 32.1. The molecule has 0 bridgehead atoms. The molecule has 2 heterocycles. The van der Waals surface area contributed by atoms with Gasteiger partial charge in [-0.25, -0.2) is 4.98 Å². The van der Waals surface area contributed by atoms with Crippen LogP contribution in [0.25, 0.3) is 0 Å². The van der Waals surface area contributed by atoms with Gasteiger partial charge in [0, 0.05) is 37.3 Å². The van der Waals surface area contributed by atoms with Gasteiger partial charge in [0.1, 0.15) is 0 Å². The van der Waals surface area contributed by atoms with Gasteiger partial charge in [-0.3, -0.25) is 4.79 Å². The molecule has 18 heavy (non-hydrogen) atoms. The molecule has 0 amide bonds. The Balaban J connectivity index is 1.88. The van der Waals surface area contributed by atoms with Crippen molar-refractivity contribution in [3.8, 4) is 0 Å². The van der Waals surface area contributed by atoms with Crippen molar-refractivity contribution < 1.29 is 9.90 Å². The maximum Gasteiger partial charge on any atom is 0.303 e. The average Bonchev–Trinajstić information content (AvgIpc) is 2.85. The average molecular weight is 269 g/mol. The van der Waals surface area contributed by atoms with Crippen molar-refractivity contribution in [1.29, 1.82) is 0 Å². The van der Waals surface area contributed by atoms with E-state index in [0.29, 0.717) is 6.42 Å². The second-order valence-electron chi connectivity index (χ2n) is 4.42. The third-order valence-electron chi connectivity index (χ3n) is 3.22. The Morgan fingerprint density at radius 2 is 2.17 bits per heavy atom. The van der Waals surface area contributed by atoms with Gasteiger partial charge in [-0.15, -0.1) is 11.3 Å². The zero-order valence-corrected chi connectivity index (χ0v) is 11.4. The summed E-state index contributed by atoms with van der Waals surface area (Å²) < 4.78 is 0. The minimum Gasteiger partial charge on any atom is -0.481 e. The molecule has 0 atom stereocenters. The van der Waals surface area contributed by atoms with Gasteiger partial charge in [-0.2, -0.15) is 0 Å². The first-order valence-corrected chi connectivity index (χ1v) is 7.14. The molecule has 0 saturated carbocycles. The maximum atomic E-state index is 10.5. The number of nitrogens with zero attached hydrogens (tertiary/aromatic N) is 3. The minimum absolute atomic E-state index is 0.186. The molecule has 1 aliphatic heterocycles. The Labute approximate surface area is 111 Å². The Morgan fingerprint density at radius 3 is 2.78 bits per heavy atom. The molecule has 6 heteroatoms. The zero-order chi connectivity index (χ0) is 13.0. The van der Waals surface area contributed by atoms with Gasteiger partial charge in [-0.05, 0) is 13.0 Å². The lowest BCUT2D eigenvalue weighted by Crippen LogP contribution is -2.46. The van der Waals surface area contributed by atoms with Gasteiger partial charge < -0.3 is 14.9 Å². The summed E-state index contributed by atoms with van der Waals surface area (Å²) in [6.45, 7) is 7.49. The number of hydrogen-bond donors (Lipinski definition) is 1. The Hall–Kier alpha value is -1.14. The molecule has 1 aliphatic rings. The quantitative estimate of drug-likeness (QED) is 0.873. The fraction of sp³-hybridized carbons (Fsp3) is 0.667. The summed E-state index contributed by atoms with van der Waals surface area (Å²) in [6.07, 6.45) is 2.59. The number of rotatable bonds is 5. The first-order chi connectivity index (χ1) is 8.69. The molecule has 0 radical (unpaired) electrons. The van der Waals surface area contributed by atoms with Crippen molar-refractivity contribution in [3.63, 3.8) is 0 Å². The van der Waals surface area contributed by atoms with Gasteiger partial charge in [-0.1, -0.05) is 6.92 Å². The molecule has 1 N–H and O–H groups in total. The summed E-state index contributed by atoms with van der Waals surface area (Å²) in [6, 6.07) is 0. The molecule has 2 rings (SSSR count). The third-order valence-corrected chi connectivity index (χ3v) is 4.33. The van der Waals surface area contributed by atoms with E-state index in [1.807, 2.05) is 6.20 Å². The Morgan fingerprint density at radius 1 is 1.44 bits per heavy atom. The van der Waals surface area contributed by atoms with Crippen LogP contribution in [0, 0.1) is 0 Å². The molecule has 0 spiro atoms. The van der Waals surface area contributed by atoms with Crippen molar-refractivity contribution in [2.45, 2.75) is 19.8 Å². The van der Waals surface area contributed by atoms with Crippen LogP contribution in [0.1, 0.15) is 18.2 Å². The first-order valence-electron chi connectivity index (χ1n) is 6.33. The van der Waals surface area contributed by atoms with Crippen LogP contribution in [0.2, 0.25) is 0 Å². The number of aliphatic carboxylic acids is 1. The van der Waals surface area contributed by atoms with E-state index < -0.39 is 5.97 Å². The molecule has 1 aromatic rings. The highest BCUT2D eigenvalue weighted by molar-refractivity contribution is 7.15. The van der Waals surface area contributed by atoms with Crippen molar-refractivity contribution in [1.82, 2.24) is 9.88 Å². The van der Waals surface area contributed by atoms with Crippen molar-refractivity contribution >= 4 is 22.4 Å². The predicted molar refractivity (Wildman–Crippen MR) is 72.4 cm³/mol. The number of anilines is 1. The third kappa shape index (κ3) is 3.43. The van der Waals surface area contributed by atoms with E-state index in [1.54, 1.807) is 11.3 Å². The summed E-state index contributed by atoms with van der Waals surface area (Å²) >= 11 is 1.62. The molecular formula is C12H19N3O2S. The normalized spacial score (nSPS) is 17.1. The molecule has 1 aromatic heterocycles. The molecule has 0 aliphatic carbocycles. The number of aryl methyl sites for hydroxylation is 1. The van der Waals surface area contributed by atoms with Gasteiger partial charge in [0.15, 0.2) is 5.13 Å². The molecule has 1 fully saturated rings. The topological polar surface area (TPSA) is 56.7 Å². The molecule has 0 aromatic carbocycles. The van der Waals surface area contributed by atoms with Crippen LogP contribution in [0.5, 0.6) is 0 Å². The SMILES string of the molecule is CCN1CCN(c2ncc(CCC(=O)O)s2)CC1. The van der Waals surface area contributed by atoms with Crippen LogP contribution in [0.4, 0.5) is 5.13 Å². The Bertz CT molecular complexity index is 400. The molecular weight excluding hydrogens is 250 g/mol. The van der Waals surface area contributed by atoms with Crippen molar-refractivity contribution in [2.75, 3.05) is 37.6 Å². The van der Waals surface area contributed by atoms with Crippen LogP contribution in [0.15, 0.2) is 6.20 Å². The van der Waals surface area contributed by atoms with Crippen molar-refractivity contribution in [3.05, 3.63) is 11.1 Å². The number of carbonyl (C=O) groups is 1. The second kappa shape index (κ2) is 6.15. The highest BCUT2D eigenvalue weighted by Gasteiger charge is 2.18. The smallest absolute Gasteiger partial charge is 0.303 e.